The molecule has 1 fully saturated rings. The highest BCUT2D eigenvalue weighted by Gasteiger charge is 2.29. The zero-order chi connectivity index (χ0) is 11.0. The molecule has 16 heavy (non-hydrogen) atoms. The molecule has 1 aliphatic carbocycles. The van der Waals surface area contributed by atoms with Gasteiger partial charge >= 0.3 is 0 Å². The molecule has 0 aliphatic heterocycles. The van der Waals surface area contributed by atoms with Crippen molar-refractivity contribution in [3.05, 3.63) is 35.7 Å². The summed E-state index contributed by atoms with van der Waals surface area (Å²) in [7, 11) is 0. The van der Waals surface area contributed by atoms with Crippen molar-refractivity contribution >= 4 is 6.29 Å². The fraction of sp³-hybridized carbons (Fsp3) is 0.250. The highest BCUT2D eigenvalue weighted by molar-refractivity contribution is 5.76. The predicted octanol–water partition coefficient (Wildman–Crippen LogP) is 2.43. The van der Waals surface area contributed by atoms with Crippen LogP contribution in [0.25, 0.3) is 11.4 Å². The molecule has 0 radical (unpaired) electrons. The van der Waals surface area contributed by atoms with Gasteiger partial charge in [-0.05, 0) is 12.8 Å². The fourth-order valence-electron chi connectivity index (χ4n) is 1.56. The monoisotopic (exact) mass is 214 g/mol. The fourth-order valence-corrected chi connectivity index (χ4v) is 1.56. The number of rotatable bonds is 3. The molecule has 4 heteroatoms. The van der Waals surface area contributed by atoms with Gasteiger partial charge in [-0.25, -0.2) is 0 Å². The van der Waals surface area contributed by atoms with Crippen LogP contribution in [-0.4, -0.2) is 16.4 Å². The van der Waals surface area contributed by atoms with Crippen molar-refractivity contribution in [2.75, 3.05) is 0 Å². The van der Waals surface area contributed by atoms with Gasteiger partial charge in [0.2, 0.25) is 11.7 Å². The van der Waals surface area contributed by atoms with Gasteiger partial charge in [-0.3, -0.25) is 4.79 Å². The van der Waals surface area contributed by atoms with Gasteiger partial charge in [0.05, 0.1) is 0 Å². The van der Waals surface area contributed by atoms with E-state index in [1.165, 1.54) is 0 Å². The summed E-state index contributed by atoms with van der Waals surface area (Å²) in [6.07, 6.45) is 3.10. The van der Waals surface area contributed by atoms with Gasteiger partial charge in [0, 0.05) is 17.0 Å². The Hall–Kier alpha value is -1.97. The lowest BCUT2D eigenvalue weighted by Crippen LogP contribution is -1.84. The van der Waals surface area contributed by atoms with Crippen LogP contribution in [0.4, 0.5) is 0 Å². The van der Waals surface area contributed by atoms with Crippen LogP contribution in [0.15, 0.2) is 28.8 Å². The smallest absolute Gasteiger partial charge is 0.230 e. The van der Waals surface area contributed by atoms with Crippen molar-refractivity contribution in [3.8, 4) is 11.4 Å². The largest absolute Gasteiger partial charge is 0.339 e. The van der Waals surface area contributed by atoms with Crippen LogP contribution in [0, 0.1) is 0 Å². The van der Waals surface area contributed by atoms with Crippen LogP contribution < -0.4 is 0 Å². The van der Waals surface area contributed by atoms with E-state index < -0.39 is 0 Å². The Morgan fingerprint density at radius 2 is 2.00 bits per heavy atom. The van der Waals surface area contributed by atoms with Crippen molar-refractivity contribution in [1.29, 1.82) is 0 Å². The van der Waals surface area contributed by atoms with Crippen LogP contribution in [0.5, 0.6) is 0 Å². The molecule has 1 aromatic carbocycles. The van der Waals surface area contributed by atoms with Gasteiger partial charge in [-0.2, -0.15) is 4.98 Å². The SMILES string of the molecule is O=Cc1ccc(-c2noc(C3CC3)n2)cc1. The molecule has 0 bridgehead atoms. The number of hydrogen-bond acceptors (Lipinski definition) is 4. The summed E-state index contributed by atoms with van der Waals surface area (Å²) in [5.74, 6) is 1.80. The minimum Gasteiger partial charge on any atom is -0.339 e. The lowest BCUT2D eigenvalue weighted by Gasteiger charge is -1.93. The third-order valence-corrected chi connectivity index (χ3v) is 2.67. The molecule has 80 valence electrons. The van der Waals surface area contributed by atoms with Gasteiger partial charge < -0.3 is 4.52 Å². The molecule has 1 heterocycles. The van der Waals surface area contributed by atoms with Crippen molar-refractivity contribution < 1.29 is 9.32 Å². The van der Waals surface area contributed by atoms with Gasteiger partial charge in [-0.15, -0.1) is 0 Å². The third kappa shape index (κ3) is 1.62. The van der Waals surface area contributed by atoms with E-state index in [-0.39, 0.29) is 0 Å². The van der Waals surface area contributed by atoms with E-state index in [1.54, 1.807) is 12.1 Å². The number of benzene rings is 1. The Morgan fingerprint density at radius 1 is 1.25 bits per heavy atom. The molecule has 4 nitrogen and oxygen atoms in total. The number of carbonyl (C=O) groups excluding carboxylic acids is 1. The molecule has 1 aromatic heterocycles. The van der Waals surface area contributed by atoms with Gasteiger partial charge in [0.25, 0.3) is 0 Å². The van der Waals surface area contributed by atoms with Crippen molar-refractivity contribution in [2.24, 2.45) is 0 Å². The first-order valence-corrected chi connectivity index (χ1v) is 5.26. The molecule has 0 atom stereocenters. The quantitative estimate of drug-likeness (QED) is 0.736. The zero-order valence-corrected chi connectivity index (χ0v) is 8.59. The van der Waals surface area contributed by atoms with E-state index in [1.807, 2.05) is 12.1 Å². The van der Waals surface area contributed by atoms with Crippen LogP contribution in [0.1, 0.15) is 35.0 Å². The molecule has 2 aromatic rings. The van der Waals surface area contributed by atoms with Gasteiger partial charge in [0.15, 0.2) is 0 Å². The molecule has 0 amide bonds. The number of carbonyl (C=O) groups is 1. The Bertz CT molecular complexity index is 512. The summed E-state index contributed by atoms with van der Waals surface area (Å²) in [6, 6.07) is 7.14. The molecule has 3 rings (SSSR count). The highest BCUT2D eigenvalue weighted by Crippen LogP contribution is 2.39. The maximum Gasteiger partial charge on any atom is 0.230 e. The summed E-state index contributed by atoms with van der Waals surface area (Å²) in [4.78, 5) is 14.8. The lowest BCUT2D eigenvalue weighted by molar-refractivity contribution is 0.112. The first kappa shape index (κ1) is 9.27. The molecule has 0 saturated heterocycles. The minimum atomic E-state index is 0.468. The van der Waals surface area contributed by atoms with Crippen molar-refractivity contribution in [3.63, 3.8) is 0 Å². The first-order valence-electron chi connectivity index (χ1n) is 5.26. The van der Waals surface area contributed by atoms with E-state index in [0.717, 1.165) is 30.6 Å². The van der Waals surface area contributed by atoms with E-state index in [9.17, 15) is 4.79 Å². The Balaban J connectivity index is 1.91. The standard InChI is InChI=1S/C12H10N2O2/c15-7-8-1-3-9(4-2-8)11-13-12(16-14-11)10-5-6-10/h1-4,7,10H,5-6H2. The average Bonchev–Trinajstić information content (AvgIpc) is 3.08. The van der Waals surface area contributed by atoms with Crippen LogP contribution in [0.2, 0.25) is 0 Å². The molecular formula is C12H10N2O2. The highest BCUT2D eigenvalue weighted by atomic mass is 16.5. The van der Waals surface area contributed by atoms with Gasteiger partial charge in [-0.1, -0.05) is 29.4 Å². The van der Waals surface area contributed by atoms with Crippen molar-refractivity contribution in [2.45, 2.75) is 18.8 Å². The zero-order valence-electron chi connectivity index (χ0n) is 8.59. The lowest BCUT2D eigenvalue weighted by atomic mass is 10.1. The summed E-state index contributed by atoms with van der Waals surface area (Å²) in [5, 5.41) is 3.93. The maximum absolute atomic E-state index is 10.5. The van der Waals surface area contributed by atoms with E-state index >= 15 is 0 Å². The van der Waals surface area contributed by atoms with E-state index in [4.69, 9.17) is 4.52 Å². The third-order valence-electron chi connectivity index (χ3n) is 2.67. The second kappa shape index (κ2) is 3.56. The number of aromatic nitrogens is 2. The molecular weight excluding hydrogens is 204 g/mol. The van der Waals surface area contributed by atoms with E-state index in [0.29, 0.717) is 17.3 Å². The molecule has 0 spiro atoms. The van der Waals surface area contributed by atoms with E-state index in [2.05, 4.69) is 10.1 Å². The second-order valence-corrected chi connectivity index (χ2v) is 3.97. The van der Waals surface area contributed by atoms with Crippen LogP contribution in [0.3, 0.4) is 0 Å². The van der Waals surface area contributed by atoms with Crippen LogP contribution >= 0.6 is 0 Å². The number of nitrogens with zero attached hydrogens (tertiary/aromatic N) is 2. The molecule has 0 unspecified atom stereocenters. The summed E-state index contributed by atoms with van der Waals surface area (Å²) >= 11 is 0. The van der Waals surface area contributed by atoms with Crippen molar-refractivity contribution in [1.82, 2.24) is 10.1 Å². The Labute approximate surface area is 92.3 Å². The predicted molar refractivity (Wildman–Crippen MR) is 57.1 cm³/mol. The van der Waals surface area contributed by atoms with Crippen LogP contribution in [-0.2, 0) is 0 Å². The summed E-state index contributed by atoms with van der Waals surface area (Å²) in [6.45, 7) is 0. The molecule has 0 N–H and O–H groups in total. The Morgan fingerprint density at radius 3 is 2.62 bits per heavy atom. The molecule has 1 saturated carbocycles. The average molecular weight is 214 g/mol. The van der Waals surface area contributed by atoms with Gasteiger partial charge in [0.1, 0.15) is 6.29 Å². The second-order valence-electron chi connectivity index (χ2n) is 3.97. The molecule has 1 aliphatic rings. The minimum absolute atomic E-state index is 0.468. The number of aldehydes is 1. The number of hydrogen-bond donors (Lipinski definition) is 0. The normalized spacial score (nSPS) is 15.0. The maximum atomic E-state index is 10.5. The summed E-state index contributed by atoms with van der Waals surface area (Å²) in [5.41, 5.74) is 1.52. The Kier molecular flexibility index (Phi) is 2.06. The summed E-state index contributed by atoms with van der Waals surface area (Å²) < 4.78 is 5.17. The first-order chi connectivity index (χ1) is 7.86. The topological polar surface area (TPSA) is 56.0 Å².